The standard InChI is InChI=1S/C27H30ClN5O3/c1-19-24(16-30-33(19)23-7-4-21(28)5-8-23)26(34)31-22-6-9-25(20(14-22)15-29)36-18-27(2,3)17-32-10-12-35-13-11-32/h4-9,14,16H,10-13,17-18H2,1-3H3,(H,31,34). The minimum absolute atomic E-state index is 0.0985. The number of aromatic nitrogens is 2. The number of nitrogens with one attached hydrogen (secondary N) is 1. The first-order valence-electron chi connectivity index (χ1n) is 11.8. The molecule has 0 aliphatic carbocycles. The Bertz CT molecular complexity index is 1260. The molecule has 1 aliphatic heterocycles. The van der Waals surface area contributed by atoms with Gasteiger partial charge in [-0.25, -0.2) is 4.68 Å². The van der Waals surface area contributed by atoms with E-state index in [1.165, 1.54) is 6.20 Å². The van der Waals surface area contributed by atoms with Crippen molar-refractivity contribution in [2.45, 2.75) is 20.8 Å². The Hall–Kier alpha value is -3.38. The number of morpholine rings is 1. The number of nitriles is 1. The number of halogens is 1. The second-order valence-corrected chi connectivity index (χ2v) is 10.1. The number of carbonyl (C=O) groups is 1. The highest BCUT2D eigenvalue weighted by Gasteiger charge is 2.25. The van der Waals surface area contributed by atoms with Crippen molar-refractivity contribution >= 4 is 23.2 Å². The van der Waals surface area contributed by atoms with Crippen molar-refractivity contribution in [3.63, 3.8) is 0 Å². The summed E-state index contributed by atoms with van der Waals surface area (Å²) < 4.78 is 13.1. The Labute approximate surface area is 216 Å². The smallest absolute Gasteiger partial charge is 0.259 e. The Balaban J connectivity index is 1.41. The average Bonchev–Trinajstić information content (AvgIpc) is 3.25. The fourth-order valence-electron chi connectivity index (χ4n) is 4.18. The maximum Gasteiger partial charge on any atom is 0.259 e. The molecule has 36 heavy (non-hydrogen) atoms. The first-order valence-corrected chi connectivity index (χ1v) is 12.2. The monoisotopic (exact) mass is 507 g/mol. The molecule has 1 amide bonds. The van der Waals surface area contributed by atoms with E-state index < -0.39 is 0 Å². The number of hydrogen-bond acceptors (Lipinski definition) is 6. The molecule has 1 saturated heterocycles. The molecule has 8 nitrogen and oxygen atoms in total. The first kappa shape index (κ1) is 25.7. The van der Waals surface area contributed by atoms with Crippen molar-refractivity contribution in [1.29, 1.82) is 5.26 Å². The van der Waals surface area contributed by atoms with Gasteiger partial charge < -0.3 is 14.8 Å². The van der Waals surface area contributed by atoms with Crippen molar-refractivity contribution in [2.75, 3.05) is 44.8 Å². The van der Waals surface area contributed by atoms with Crippen LogP contribution in [-0.4, -0.2) is 60.0 Å². The van der Waals surface area contributed by atoms with Crippen LogP contribution in [0.1, 0.15) is 35.5 Å². The molecule has 0 saturated carbocycles. The van der Waals surface area contributed by atoms with Crippen LogP contribution in [0, 0.1) is 23.7 Å². The number of anilines is 1. The van der Waals surface area contributed by atoms with Crippen molar-refractivity contribution in [1.82, 2.24) is 14.7 Å². The summed E-state index contributed by atoms with van der Waals surface area (Å²) in [5.41, 5.74) is 2.71. The minimum atomic E-state index is -0.308. The van der Waals surface area contributed by atoms with Crippen LogP contribution in [0.2, 0.25) is 5.02 Å². The predicted molar refractivity (Wildman–Crippen MR) is 139 cm³/mol. The summed E-state index contributed by atoms with van der Waals surface area (Å²) in [4.78, 5) is 15.3. The topological polar surface area (TPSA) is 92.4 Å². The van der Waals surface area contributed by atoms with Crippen LogP contribution in [0.3, 0.4) is 0 Å². The Kier molecular flexibility index (Phi) is 7.94. The van der Waals surface area contributed by atoms with Gasteiger partial charge in [0, 0.05) is 35.8 Å². The van der Waals surface area contributed by atoms with Crippen LogP contribution in [-0.2, 0) is 4.74 Å². The number of rotatable bonds is 8. The second kappa shape index (κ2) is 11.1. The maximum absolute atomic E-state index is 13.0. The molecular weight excluding hydrogens is 478 g/mol. The lowest BCUT2D eigenvalue weighted by molar-refractivity contribution is 0.0132. The van der Waals surface area contributed by atoms with Gasteiger partial charge in [-0.2, -0.15) is 10.4 Å². The minimum Gasteiger partial charge on any atom is -0.492 e. The molecule has 9 heteroatoms. The summed E-state index contributed by atoms with van der Waals surface area (Å²) >= 11 is 5.97. The molecule has 1 N–H and O–H groups in total. The van der Waals surface area contributed by atoms with E-state index in [4.69, 9.17) is 21.1 Å². The lowest BCUT2D eigenvalue weighted by Gasteiger charge is -2.34. The summed E-state index contributed by atoms with van der Waals surface area (Å²) in [5.74, 6) is 0.189. The molecule has 0 radical (unpaired) electrons. The van der Waals surface area contributed by atoms with Gasteiger partial charge in [-0.05, 0) is 49.4 Å². The Morgan fingerprint density at radius 1 is 1.22 bits per heavy atom. The van der Waals surface area contributed by atoms with Crippen LogP contribution in [0.25, 0.3) is 5.69 Å². The first-order chi connectivity index (χ1) is 17.3. The maximum atomic E-state index is 13.0. The fraction of sp³-hybridized carbons (Fsp3) is 0.370. The number of amides is 1. The lowest BCUT2D eigenvalue weighted by atomic mass is 9.93. The van der Waals surface area contributed by atoms with Gasteiger partial charge in [-0.15, -0.1) is 0 Å². The zero-order valence-corrected chi connectivity index (χ0v) is 21.5. The molecule has 1 fully saturated rings. The van der Waals surface area contributed by atoms with Gasteiger partial charge in [0.2, 0.25) is 0 Å². The van der Waals surface area contributed by atoms with Gasteiger partial charge >= 0.3 is 0 Å². The highest BCUT2D eigenvalue weighted by atomic mass is 35.5. The zero-order chi connectivity index (χ0) is 25.7. The predicted octanol–water partition coefficient (Wildman–Crippen LogP) is 4.70. The van der Waals surface area contributed by atoms with Gasteiger partial charge in [-0.3, -0.25) is 9.69 Å². The lowest BCUT2D eigenvalue weighted by Crippen LogP contribution is -2.43. The molecule has 2 heterocycles. The molecule has 0 unspecified atom stereocenters. The summed E-state index contributed by atoms with van der Waals surface area (Å²) in [6.45, 7) is 10.8. The number of hydrogen-bond donors (Lipinski definition) is 1. The molecule has 4 rings (SSSR count). The molecule has 0 spiro atoms. The number of ether oxygens (including phenoxy) is 2. The molecule has 2 aromatic carbocycles. The Morgan fingerprint density at radius 2 is 1.94 bits per heavy atom. The largest absolute Gasteiger partial charge is 0.492 e. The molecule has 0 bridgehead atoms. The van der Waals surface area contributed by atoms with Crippen molar-refractivity contribution in [2.24, 2.45) is 5.41 Å². The summed E-state index contributed by atoms with van der Waals surface area (Å²) in [6.07, 6.45) is 1.53. The Morgan fingerprint density at radius 3 is 2.64 bits per heavy atom. The SMILES string of the molecule is Cc1c(C(=O)Nc2ccc(OCC(C)(C)CN3CCOCC3)c(C#N)c2)cnn1-c1ccc(Cl)cc1. The highest BCUT2D eigenvalue weighted by molar-refractivity contribution is 6.30. The third kappa shape index (κ3) is 6.24. The van der Waals surface area contributed by atoms with Gasteiger partial charge in [-0.1, -0.05) is 25.4 Å². The van der Waals surface area contributed by atoms with Gasteiger partial charge in [0.15, 0.2) is 0 Å². The van der Waals surface area contributed by atoms with E-state index in [1.54, 1.807) is 35.0 Å². The summed E-state index contributed by atoms with van der Waals surface area (Å²) in [5, 5.41) is 17.5. The van der Waals surface area contributed by atoms with Crippen LogP contribution in [0.4, 0.5) is 5.69 Å². The van der Waals surface area contributed by atoms with E-state index in [0.717, 1.165) is 38.5 Å². The van der Waals surface area contributed by atoms with E-state index in [1.807, 2.05) is 19.1 Å². The van der Waals surface area contributed by atoms with Crippen LogP contribution < -0.4 is 10.1 Å². The number of benzene rings is 2. The zero-order valence-electron chi connectivity index (χ0n) is 20.8. The van der Waals surface area contributed by atoms with Crippen LogP contribution in [0.5, 0.6) is 5.75 Å². The average molecular weight is 508 g/mol. The summed E-state index contributed by atoms with van der Waals surface area (Å²) in [6, 6.07) is 14.5. The van der Waals surface area contributed by atoms with Crippen LogP contribution >= 0.6 is 11.6 Å². The molecular formula is C27H30ClN5O3. The van der Waals surface area contributed by atoms with Crippen molar-refractivity contribution < 1.29 is 14.3 Å². The van der Waals surface area contributed by atoms with Gasteiger partial charge in [0.25, 0.3) is 5.91 Å². The fourth-order valence-corrected chi connectivity index (χ4v) is 4.30. The quantitative estimate of drug-likeness (QED) is 0.475. The molecule has 1 aromatic heterocycles. The third-order valence-electron chi connectivity index (χ3n) is 6.06. The van der Waals surface area contributed by atoms with E-state index >= 15 is 0 Å². The molecule has 188 valence electrons. The van der Waals surface area contributed by atoms with E-state index in [9.17, 15) is 10.1 Å². The number of carbonyl (C=O) groups excluding carboxylic acids is 1. The molecule has 0 atom stereocenters. The second-order valence-electron chi connectivity index (χ2n) is 9.65. The third-order valence-corrected chi connectivity index (χ3v) is 6.31. The molecule has 1 aliphatic rings. The van der Waals surface area contributed by atoms with Crippen molar-refractivity contribution in [3.8, 4) is 17.5 Å². The number of nitrogens with zero attached hydrogens (tertiary/aromatic N) is 4. The van der Waals surface area contributed by atoms with Crippen molar-refractivity contribution in [3.05, 3.63) is 70.5 Å². The van der Waals surface area contributed by atoms with Crippen LogP contribution in [0.15, 0.2) is 48.7 Å². The summed E-state index contributed by atoms with van der Waals surface area (Å²) in [7, 11) is 0. The van der Waals surface area contributed by atoms with E-state index in [2.05, 4.69) is 35.2 Å². The van der Waals surface area contributed by atoms with Gasteiger partial charge in [0.1, 0.15) is 11.8 Å². The van der Waals surface area contributed by atoms with E-state index in [0.29, 0.717) is 39.9 Å². The molecule has 3 aromatic rings. The van der Waals surface area contributed by atoms with E-state index in [-0.39, 0.29) is 11.3 Å². The normalized spacial score (nSPS) is 14.3. The highest BCUT2D eigenvalue weighted by Crippen LogP contribution is 2.26. The van der Waals surface area contributed by atoms with Gasteiger partial charge in [0.05, 0.1) is 48.5 Å².